The van der Waals surface area contributed by atoms with E-state index < -0.39 is 7.92 Å². The van der Waals surface area contributed by atoms with Gasteiger partial charge in [0.15, 0.2) is 6.29 Å². The first-order chi connectivity index (χ1) is 13.4. The van der Waals surface area contributed by atoms with E-state index in [1.807, 2.05) is 0 Å². The third-order valence-electron chi connectivity index (χ3n) is 4.87. The van der Waals surface area contributed by atoms with E-state index in [4.69, 9.17) is 14.2 Å². The smallest absolute Gasteiger partial charge is 0.184 e. The number of allylic oxidation sites excluding steroid dienone is 2. The fourth-order valence-electron chi connectivity index (χ4n) is 3.62. The van der Waals surface area contributed by atoms with Crippen LogP contribution in [0.3, 0.4) is 0 Å². The van der Waals surface area contributed by atoms with Crippen molar-refractivity contribution < 1.29 is 14.2 Å². The van der Waals surface area contributed by atoms with Gasteiger partial charge in [-0.15, -0.1) is 0 Å². The SMILES string of the molecule is COC[C@@H]1CCO[C@H](C2=C(P(c3ccccc3)c3ccccc3)CC=C2)O1. The van der Waals surface area contributed by atoms with Crippen molar-refractivity contribution in [1.29, 1.82) is 0 Å². The van der Waals surface area contributed by atoms with Crippen LogP contribution in [-0.2, 0) is 14.2 Å². The number of rotatable bonds is 6. The standard InChI is InChI=1S/C23H25O3P/c1-24-17-18-15-16-25-23(26-18)21-13-8-14-22(21)27(19-9-4-2-5-10-19)20-11-6-3-7-12-20/h2-13,18,23H,14-17H2,1H3/t18-,23-/m0/s1. The van der Waals surface area contributed by atoms with E-state index >= 15 is 0 Å². The Labute approximate surface area is 162 Å². The van der Waals surface area contributed by atoms with Gasteiger partial charge in [0.25, 0.3) is 0 Å². The Morgan fingerprint density at radius 1 is 1.00 bits per heavy atom. The van der Waals surface area contributed by atoms with Gasteiger partial charge in [0, 0.05) is 12.7 Å². The van der Waals surface area contributed by atoms with E-state index in [1.165, 1.54) is 21.5 Å². The second-order valence-corrected chi connectivity index (χ2v) is 8.96. The maximum atomic E-state index is 6.22. The molecule has 0 aromatic heterocycles. The molecule has 0 unspecified atom stereocenters. The van der Waals surface area contributed by atoms with E-state index in [2.05, 4.69) is 72.8 Å². The molecule has 2 atom stereocenters. The monoisotopic (exact) mass is 380 g/mol. The van der Waals surface area contributed by atoms with Crippen molar-refractivity contribution in [2.24, 2.45) is 0 Å². The Hall–Kier alpha value is -1.77. The van der Waals surface area contributed by atoms with Crippen molar-refractivity contribution >= 4 is 18.5 Å². The summed E-state index contributed by atoms with van der Waals surface area (Å²) >= 11 is 0. The van der Waals surface area contributed by atoms with Gasteiger partial charge in [0.1, 0.15) is 0 Å². The minimum Gasteiger partial charge on any atom is -0.382 e. The molecule has 0 saturated carbocycles. The summed E-state index contributed by atoms with van der Waals surface area (Å²) in [4.78, 5) is 0. The highest BCUT2D eigenvalue weighted by atomic mass is 31.1. The van der Waals surface area contributed by atoms with Crippen LogP contribution in [0.2, 0.25) is 0 Å². The van der Waals surface area contributed by atoms with Crippen molar-refractivity contribution in [3.8, 4) is 0 Å². The number of hydrogen-bond acceptors (Lipinski definition) is 3. The molecule has 1 fully saturated rings. The molecule has 1 aliphatic carbocycles. The topological polar surface area (TPSA) is 27.7 Å². The van der Waals surface area contributed by atoms with Crippen molar-refractivity contribution in [3.05, 3.63) is 83.7 Å². The highest BCUT2D eigenvalue weighted by molar-refractivity contribution is 7.76. The Balaban J connectivity index is 1.71. The van der Waals surface area contributed by atoms with E-state index in [0.29, 0.717) is 13.2 Å². The molecule has 4 rings (SSSR count). The summed E-state index contributed by atoms with van der Waals surface area (Å²) in [6.45, 7) is 1.32. The summed E-state index contributed by atoms with van der Waals surface area (Å²) < 4.78 is 17.5. The molecule has 1 aliphatic heterocycles. The second-order valence-electron chi connectivity index (χ2n) is 6.72. The maximum Gasteiger partial charge on any atom is 0.184 e. The van der Waals surface area contributed by atoms with Crippen LogP contribution in [0.15, 0.2) is 83.7 Å². The van der Waals surface area contributed by atoms with Gasteiger partial charge in [-0.25, -0.2) is 0 Å². The predicted molar refractivity (Wildman–Crippen MR) is 111 cm³/mol. The van der Waals surface area contributed by atoms with E-state index in [1.54, 1.807) is 7.11 Å². The molecular weight excluding hydrogens is 355 g/mol. The Bertz CT molecular complexity index is 759. The van der Waals surface area contributed by atoms with Crippen LogP contribution in [0.25, 0.3) is 0 Å². The summed E-state index contributed by atoms with van der Waals surface area (Å²) in [7, 11) is 1.11. The molecule has 4 heteroatoms. The number of methoxy groups -OCH3 is 1. The lowest BCUT2D eigenvalue weighted by atomic mass is 10.2. The molecule has 3 nitrogen and oxygen atoms in total. The summed E-state index contributed by atoms with van der Waals surface area (Å²) in [6, 6.07) is 21.6. The van der Waals surface area contributed by atoms with Gasteiger partial charge in [-0.1, -0.05) is 72.8 Å². The molecule has 0 spiro atoms. The zero-order valence-corrected chi connectivity index (χ0v) is 16.5. The third-order valence-corrected chi connectivity index (χ3v) is 7.48. The largest absolute Gasteiger partial charge is 0.382 e. The minimum absolute atomic E-state index is 0.0937. The summed E-state index contributed by atoms with van der Waals surface area (Å²) in [5.74, 6) is 0. The molecule has 2 aliphatic rings. The van der Waals surface area contributed by atoms with Crippen molar-refractivity contribution in [2.45, 2.75) is 25.2 Å². The van der Waals surface area contributed by atoms with Gasteiger partial charge in [-0.2, -0.15) is 0 Å². The summed E-state index contributed by atoms with van der Waals surface area (Å²) in [5.41, 5.74) is 1.19. The molecular formula is C23H25O3P. The van der Waals surface area contributed by atoms with Gasteiger partial charge in [-0.05, 0) is 36.7 Å². The fraction of sp³-hybridized carbons (Fsp3) is 0.304. The Morgan fingerprint density at radius 3 is 2.30 bits per heavy atom. The first-order valence-corrected chi connectivity index (χ1v) is 10.8. The molecule has 27 heavy (non-hydrogen) atoms. The number of hydrogen-bond donors (Lipinski definition) is 0. The molecule has 0 bridgehead atoms. The second kappa shape index (κ2) is 8.95. The number of ether oxygens (including phenoxy) is 3. The summed E-state index contributed by atoms with van der Waals surface area (Å²) in [5, 5.41) is 4.14. The zero-order chi connectivity index (χ0) is 18.5. The summed E-state index contributed by atoms with van der Waals surface area (Å²) in [6.07, 6.45) is 6.04. The first-order valence-electron chi connectivity index (χ1n) is 9.42. The lowest BCUT2D eigenvalue weighted by molar-refractivity contribution is -0.201. The molecule has 1 heterocycles. The van der Waals surface area contributed by atoms with Crippen molar-refractivity contribution in [1.82, 2.24) is 0 Å². The lowest BCUT2D eigenvalue weighted by Crippen LogP contribution is -2.36. The van der Waals surface area contributed by atoms with E-state index in [9.17, 15) is 0 Å². The van der Waals surface area contributed by atoms with E-state index in [-0.39, 0.29) is 12.4 Å². The maximum absolute atomic E-state index is 6.22. The van der Waals surface area contributed by atoms with Crippen LogP contribution in [-0.4, -0.2) is 32.7 Å². The molecule has 0 N–H and O–H groups in total. The normalized spacial score (nSPS) is 22.6. The molecule has 140 valence electrons. The van der Waals surface area contributed by atoms with Crippen LogP contribution < -0.4 is 10.6 Å². The third kappa shape index (κ3) is 4.23. The average Bonchev–Trinajstić information content (AvgIpc) is 3.20. The minimum atomic E-state index is -0.612. The Kier molecular flexibility index (Phi) is 6.16. The zero-order valence-electron chi connectivity index (χ0n) is 15.6. The highest BCUT2D eigenvalue weighted by Crippen LogP contribution is 2.50. The molecule has 2 aromatic rings. The van der Waals surface area contributed by atoms with Crippen molar-refractivity contribution in [3.63, 3.8) is 0 Å². The quantitative estimate of drug-likeness (QED) is 0.706. The average molecular weight is 380 g/mol. The fourth-order valence-corrected chi connectivity index (χ4v) is 6.21. The highest BCUT2D eigenvalue weighted by Gasteiger charge is 2.31. The molecule has 1 saturated heterocycles. The first kappa shape index (κ1) is 18.6. The van der Waals surface area contributed by atoms with Crippen molar-refractivity contribution in [2.75, 3.05) is 20.3 Å². The molecule has 0 radical (unpaired) electrons. The van der Waals surface area contributed by atoms with Crippen LogP contribution in [0, 0.1) is 0 Å². The lowest BCUT2D eigenvalue weighted by Gasteiger charge is -2.32. The van der Waals surface area contributed by atoms with Gasteiger partial charge in [-0.3, -0.25) is 0 Å². The predicted octanol–water partition coefficient (Wildman–Crippen LogP) is 4.11. The van der Waals surface area contributed by atoms with Gasteiger partial charge < -0.3 is 14.2 Å². The molecule has 2 aromatic carbocycles. The number of benzene rings is 2. The van der Waals surface area contributed by atoms with Crippen LogP contribution >= 0.6 is 7.92 Å². The van der Waals surface area contributed by atoms with Crippen LogP contribution in [0.5, 0.6) is 0 Å². The van der Waals surface area contributed by atoms with Crippen LogP contribution in [0.4, 0.5) is 0 Å². The Morgan fingerprint density at radius 2 is 1.67 bits per heavy atom. The molecule has 0 amide bonds. The van der Waals surface area contributed by atoms with Gasteiger partial charge in [0.2, 0.25) is 0 Å². The van der Waals surface area contributed by atoms with E-state index in [0.717, 1.165) is 12.8 Å². The van der Waals surface area contributed by atoms with Gasteiger partial charge >= 0.3 is 0 Å². The van der Waals surface area contributed by atoms with Crippen LogP contribution in [0.1, 0.15) is 12.8 Å². The van der Waals surface area contributed by atoms with Gasteiger partial charge in [0.05, 0.1) is 19.3 Å².